The van der Waals surface area contributed by atoms with Gasteiger partial charge in [-0.25, -0.2) is 4.98 Å². The lowest BCUT2D eigenvalue weighted by Gasteiger charge is -2.35. The number of rotatable bonds is 7. The number of nitrogens with zero attached hydrogens (tertiary/aromatic N) is 4. The average molecular weight is 305 g/mol. The van der Waals surface area contributed by atoms with Crippen LogP contribution in [0.2, 0.25) is 0 Å². The van der Waals surface area contributed by atoms with E-state index < -0.39 is 0 Å². The third-order valence-corrected chi connectivity index (χ3v) is 4.11. The van der Waals surface area contributed by atoms with Crippen molar-refractivity contribution in [2.24, 2.45) is 0 Å². The molecule has 0 aliphatic carbocycles. The maximum absolute atomic E-state index is 12.0. The van der Waals surface area contributed by atoms with Crippen molar-refractivity contribution in [3.8, 4) is 0 Å². The van der Waals surface area contributed by atoms with Crippen molar-refractivity contribution < 1.29 is 4.79 Å². The smallest absolute Gasteiger partial charge is 0.223 e. The first-order valence-corrected chi connectivity index (χ1v) is 7.97. The van der Waals surface area contributed by atoms with E-state index in [1.54, 1.807) is 4.90 Å². The van der Waals surface area contributed by atoms with Crippen molar-refractivity contribution >= 4 is 11.7 Å². The SMILES string of the molecule is CNCCN(C)C(=O)CCN1CCN(c2ccccn2)CC1. The number of amides is 1. The van der Waals surface area contributed by atoms with Crippen LogP contribution in [0.15, 0.2) is 24.4 Å². The van der Waals surface area contributed by atoms with Gasteiger partial charge < -0.3 is 15.1 Å². The second-order valence-electron chi connectivity index (χ2n) is 5.69. The minimum Gasteiger partial charge on any atom is -0.354 e. The molecule has 2 heterocycles. The summed E-state index contributed by atoms with van der Waals surface area (Å²) >= 11 is 0. The van der Waals surface area contributed by atoms with Gasteiger partial charge in [-0.1, -0.05) is 6.07 Å². The van der Waals surface area contributed by atoms with Crippen LogP contribution in [0.5, 0.6) is 0 Å². The van der Waals surface area contributed by atoms with Crippen LogP contribution in [-0.4, -0.2) is 80.6 Å². The van der Waals surface area contributed by atoms with Gasteiger partial charge in [-0.3, -0.25) is 9.69 Å². The molecule has 0 bridgehead atoms. The number of likely N-dealkylation sites (N-methyl/N-ethyl adjacent to an activating group) is 2. The molecule has 22 heavy (non-hydrogen) atoms. The van der Waals surface area contributed by atoms with Crippen molar-refractivity contribution in [2.45, 2.75) is 6.42 Å². The molecule has 1 saturated heterocycles. The third-order valence-electron chi connectivity index (χ3n) is 4.11. The van der Waals surface area contributed by atoms with Gasteiger partial charge in [-0.2, -0.15) is 0 Å². The Morgan fingerprint density at radius 1 is 1.32 bits per heavy atom. The van der Waals surface area contributed by atoms with Gasteiger partial charge in [-0.15, -0.1) is 0 Å². The number of anilines is 1. The molecule has 1 amide bonds. The molecule has 1 N–H and O–H groups in total. The van der Waals surface area contributed by atoms with Crippen LogP contribution in [-0.2, 0) is 4.79 Å². The zero-order chi connectivity index (χ0) is 15.8. The van der Waals surface area contributed by atoms with Gasteiger partial charge in [0.15, 0.2) is 0 Å². The average Bonchev–Trinajstić information content (AvgIpc) is 2.58. The molecule has 0 aromatic carbocycles. The highest BCUT2D eigenvalue weighted by molar-refractivity contribution is 5.76. The van der Waals surface area contributed by atoms with Crippen LogP contribution >= 0.6 is 0 Å². The van der Waals surface area contributed by atoms with Gasteiger partial charge >= 0.3 is 0 Å². The highest BCUT2D eigenvalue weighted by Gasteiger charge is 2.18. The van der Waals surface area contributed by atoms with Crippen LogP contribution in [0.4, 0.5) is 5.82 Å². The molecule has 122 valence electrons. The lowest BCUT2D eigenvalue weighted by atomic mass is 10.2. The second-order valence-corrected chi connectivity index (χ2v) is 5.69. The van der Waals surface area contributed by atoms with Crippen LogP contribution < -0.4 is 10.2 Å². The first-order valence-electron chi connectivity index (χ1n) is 7.97. The van der Waals surface area contributed by atoms with E-state index in [1.165, 1.54) is 0 Å². The molecule has 0 saturated carbocycles. The van der Waals surface area contributed by atoms with Crippen molar-refractivity contribution in [1.82, 2.24) is 20.1 Å². The van der Waals surface area contributed by atoms with Crippen molar-refractivity contribution in [3.63, 3.8) is 0 Å². The molecule has 0 atom stereocenters. The molecule has 0 spiro atoms. The normalized spacial score (nSPS) is 15.8. The van der Waals surface area contributed by atoms with Gasteiger partial charge in [0, 0.05) is 65.5 Å². The Hall–Kier alpha value is -1.66. The highest BCUT2D eigenvalue weighted by Crippen LogP contribution is 2.12. The molecule has 0 unspecified atom stereocenters. The predicted molar refractivity (Wildman–Crippen MR) is 89.1 cm³/mol. The maximum Gasteiger partial charge on any atom is 0.223 e. The van der Waals surface area contributed by atoms with Crippen LogP contribution in [0.25, 0.3) is 0 Å². The summed E-state index contributed by atoms with van der Waals surface area (Å²) in [5, 5.41) is 3.06. The number of aromatic nitrogens is 1. The molecule has 0 radical (unpaired) electrons. The summed E-state index contributed by atoms with van der Waals surface area (Å²) in [5.41, 5.74) is 0. The number of carbonyl (C=O) groups excluding carboxylic acids is 1. The lowest BCUT2D eigenvalue weighted by molar-refractivity contribution is -0.130. The number of pyridine rings is 1. The zero-order valence-electron chi connectivity index (χ0n) is 13.7. The Kier molecular flexibility index (Phi) is 6.61. The second kappa shape index (κ2) is 8.70. The highest BCUT2D eigenvalue weighted by atomic mass is 16.2. The Labute approximate surface area is 133 Å². The van der Waals surface area contributed by atoms with E-state index in [9.17, 15) is 4.79 Å². The molecule has 6 nitrogen and oxygen atoms in total. The van der Waals surface area contributed by atoms with Crippen LogP contribution in [0.3, 0.4) is 0 Å². The molecule has 1 aromatic heterocycles. The molecule has 6 heteroatoms. The van der Waals surface area contributed by atoms with Gasteiger partial charge in [-0.05, 0) is 19.2 Å². The predicted octanol–water partition coefficient (Wildman–Crippen LogP) is 0.272. The quantitative estimate of drug-likeness (QED) is 0.784. The van der Waals surface area contributed by atoms with Crippen molar-refractivity contribution in [2.75, 3.05) is 64.8 Å². The van der Waals surface area contributed by atoms with Crippen molar-refractivity contribution in [3.05, 3.63) is 24.4 Å². The summed E-state index contributed by atoms with van der Waals surface area (Å²) < 4.78 is 0. The topological polar surface area (TPSA) is 51.7 Å². The molecule has 1 aliphatic rings. The fraction of sp³-hybridized carbons (Fsp3) is 0.625. The zero-order valence-corrected chi connectivity index (χ0v) is 13.7. The van der Waals surface area contributed by atoms with Gasteiger partial charge in [0.25, 0.3) is 0 Å². The van der Waals surface area contributed by atoms with E-state index in [2.05, 4.69) is 26.2 Å². The van der Waals surface area contributed by atoms with Crippen LogP contribution in [0.1, 0.15) is 6.42 Å². The standard InChI is InChI=1S/C16H27N5O/c1-17-8-10-19(2)16(22)6-9-20-11-13-21(14-12-20)15-5-3-4-7-18-15/h3-5,7,17H,6,8-14H2,1-2H3. The summed E-state index contributed by atoms with van der Waals surface area (Å²) in [5.74, 6) is 1.27. The molecule has 1 aliphatic heterocycles. The first kappa shape index (κ1) is 16.7. The monoisotopic (exact) mass is 305 g/mol. The summed E-state index contributed by atoms with van der Waals surface area (Å²) in [6.45, 7) is 6.38. The number of piperazine rings is 1. The van der Waals surface area contributed by atoms with E-state index in [4.69, 9.17) is 0 Å². The number of hydrogen-bond acceptors (Lipinski definition) is 5. The molecular formula is C16H27N5O. The summed E-state index contributed by atoms with van der Waals surface area (Å²) in [4.78, 5) is 22.9. The van der Waals surface area contributed by atoms with E-state index >= 15 is 0 Å². The Balaban J connectivity index is 1.68. The van der Waals surface area contributed by atoms with E-state index in [0.717, 1.165) is 51.6 Å². The van der Waals surface area contributed by atoms with E-state index in [0.29, 0.717) is 6.42 Å². The van der Waals surface area contributed by atoms with Crippen molar-refractivity contribution in [1.29, 1.82) is 0 Å². The number of hydrogen-bond donors (Lipinski definition) is 1. The third kappa shape index (κ3) is 4.96. The Morgan fingerprint density at radius 3 is 2.73 bits per heavy atom. The fourth-order valence-corrected chi connectivity index (χ4v) is 2.59. The maximum atomic E-state index is 12.0. The first-order chi connectivity index (χ1) is 10.7. The largest absolute Gasteiger partial charge is 0.354 e. The van der Waals surface area contributed by atoms with Gasteiger partial charge in [0.05, 0.1) is 0 Å². The lowest BCUT2D eigenvalue weighted by Crippen LogP contribution is -2.47. The van der Waals surface area contributed by atoms with Gasteiger partial charge in [0.1, 0.15) is 5.82 Å². The number of nitrogens with one attached hydrogen (secondary N) is 1. The van der Waals surface area contributed by atoms with E-state index in [1.807, 2.05) is 32.4 Å². The Morgan fingerprint density at radius 2 is 2.09 bits per heavy atom. The number of carbonyl (C=O) groups is 1. The molecule has 2 rings (SSSR count). The molecular weight excluding hydrogens is 278 g/mol. The molecule has 1 aromatic rings. The van der Waals surface area contributed by atoms with E-state index in [-0.39, 0.29) is 5.91 Å². The fourth-order valence-electron chi connectivity index (χ4n) is 2.59. The summed E-state index contributed by atoms with van der Waals surface area (Å²) in [7, 11) is 3.78. The molecule has 1 fully saturated rings. The van der Waals surface area contributed by atoms with Gasteiger partial charge in [0.2, 0.25) is 5.91 Å². The minimum absolute atomic E-state index is 0.224. The van der Waals surface area contributed by atoms with Crippen LogP contribution in [0, 0.1) is 0 Å². The summed E-state index contributed by atoms with van der Waals surface area (Å²) in [6, 6.07) is 6.01. The summed E-state index contributed by atoms with van der Waals surface area (Å²) in [6.07, 6.45) is 2.44. The minimum atomic E-state index is 0.224. The Bertz CT molecular complexity index is 445.